The zero-order valence-corrected chi connectivity index (χ0v) is 10.4. The normalized spacial score (nSPS) is 14.8. The Hall–Kier alpha value is -1.40. The fourth-order valence-corrected chi connectivity index (χ4v) is 1.50. The van der Waals surface area contributed by atoms with Crippen LogP contribution in [0.15, 0.2) is 6.33 Å². The van der Waals surface area contributed by atoms with Crippen molar-refractivity contribution in [1.29, 1.82) is 0 Å². The van der Waals surface area contributed by atoms with Crippen LogP contribution in [-0.2, 0) is 0 Å². The molecule has 3 N–H and O–H groups in total. The van der Waals surface area contributed by atoms with Crippen molar-refractivity contribution in [1.82, 2.24) is 19.9 Å². The van der Waals surface area contributed by atoms with E-state index in [0.29, 0.717) is 29.9 Å². The fraction of sp³-hybridized carbons (Fsp3) is 0.500. The molecule has 7 heteroatoms. The molecule has 0 saturated carbocycles. The van der Waals surface area contributed by atoms with Gasteiger partial charge in [0, 0.05) is 6.54 Å². The third-order valence-electron chi connectivity index (χ3n) is 2.66. The van der Waals surface area contributed by atoms with E-state index in [1.807, 2.05) is 6.92 Å². The third kappa shape index (κ3) is 2.65. The lowest BCUT2D eigenvalue weighted by Crippen LogP contribution is -2.32. The Morgan fingerprint density at radius 2 is 2.29 bits per heavy atom. The lowest BCUT2D eigenvalue weighted by atomic mass is 10.0. The molecule has 1 unspecified atom stereocenters. The average molecular weight is 256 g/mol. The van der Waals surface area contributed by atoms with Crippen molar-refractivity contribution in [3.63, 3.8) is 0 Å². The molecule has 2 heterocycles. The predicted octanol–water partition coefficient (Wildman–Crippen LogP) is 1.58. The molecule has 0 fully saturated rings. The topological polar surface area (TPSA) is 86.7 Å². The monoisotopic (exact) mass is 255 g/mol. The Labute approximate surface area is 103 Å². The molecule has 0 amide bonds. The lowest BCUT2D eigenvalue weighted by Gasteiger charge is -2.21. The molecule has 0 aliphatic heterocycles. The Kier molecular flexibility index (Phi) is 3.17. The largest absolute Gasteiger partial charge is 0.388 e. The van der Waals surface area contributed by atoms with Gasteiger partial charge in [-0.05, 0) is 24.9 Å². The second kappa shape index (κ2) is 4.46. The van der Waals surface area contributed by atoms with Gasteiger partial charge in [0.2, 0.25) is 5.28 Å². The molecule has 0 radical (unpaired) electrons. The summed E-state index contributed by atoms with van der Waals surface area (Å²) in [6.07, 6.45) is 2.17. The number of aromatic amines is 1. The smallest absolute Gasteiger partial charge is 0.226 e. The number of aromatic nitrogens is 4. The number of hydrogen-bond acceptors (Lipinski definition) is 5. The quantitative estimate of drug-likeness (QED) is 0.722. The second-order valence-corrected chi connectivity index (χ2v) is 4.48. The SMILES string of the molecule is CCC(C)(O)CNc1nc(Cl)nc2nc[nH]c12. The van der Waals surface area contributed by atoms with E-state index < -0.39 is 5.60 Å². The summed E-state index contributed by atoms with van der Waals surface area (Å²) < 4.78 is 0. The van der Waals surface area contributed by atoms with Gasteiger partial charge in [-0.3, -0.25) is 0 Å². The van der Waals surface area contributed by atoms with Gasteiger partial charge in [0.25, 0.3) is 0 Å². The molecule has 2 rings (SSSR count). The lowest BCUT2D eigenvalue weighted by molar-refractivity contribution is 0.0697. The molecule has 0 aliphatic carbocycles. The summed E-state index contributed by atoms with van der Waals surface area (Å²) in [4.78, 5) is 15.0. The average Bonchev–Trinajstić information content (AvgIpc) is 2.73. The van der Waals surface area contributed by atoms with Gasteiger partial charge >= 0.3 is 0 Å². The van der Waals surface area contributed by atoms with Gasteiger partial charge in [-0.25, -0.2) is 4.98 Å². The molecule has 2 aromatic rings. The summed E-state index contributed by atoms with van der Waals surface area (Å²) in [5.41, 5.74) is 0.397. The van der Waals surface area contributed by atoms with E-state index in [1.54, 1.807) is 6.92 Å². The van der Waals surface area contributed by atoms with Crippen LogP contribution in [0.3, 0.4) is 0 Å². The molecule has 0 aliphatic rings. The number of halogens is 1. The van der Waals surface area contributed by atoms with Crippen LogP contribution in [0.1, 0.15) is 20.3 Å². The fourth-order valence-electron chi connectivity index (χ4n) is 1.33. The van der Waals surface area contributed by atoms with Gasteiger partial charge in [-0.15, -0.1) is 0 Å². The van der Waals surface area contributed by atoms with Crippen molar-refractivity contribution in [2.24, 2.45) is 0 Å². The number of nitrogens with one attached hydrogen (secondary N) is 2. The molecule has 6 nitrogen and oxygen atoms in total. The minimum atomic E-state index is -0.788. The second-order valence-electron chi connectivity index (χ2n) is 4.15. The van der Waals surface area contributed by atoms with Crippen molar-refractivity contribution >= 4 is 28.6 Å². The summed E-state index contributed by atoms with van der Waals surface area (Å²) in [5.74, 6) is 0.547. The molecule has 0 spiro atoms. The predicted molar refractivity (Wildman–Crippen MR) is 66.1 cm³/mol. The maximum atomic E-state index is 9.91. The Morgan fingerprint density at radius 3 is 3.00 bits per heavy atom. The summed E-state index contributed by atoms with van der Waals surface area (Å²) in [5, 5.41) is 13.1. The number of H-pyrrole nitrogens is 1. The number of nitrogens with zero attached hydrogens (tertiary/aromatic N) is 3. The Morgan fingerprint density at radius 1 is 1.53 bits per heavy atom. The molecule has 1 atom stereocenters. The Balaban J connectivity index is 2.26. The van der Waals surface area contributed by atoms with Gasteiger partial charge in [0.1, 0.15) is 5.52 Å². The van der Waals surface area contributed by atoms with Crippen LogP contribution in [0.25, 0.3) is 11.2 Å². The molecule has 0 saturated heterocycles. The molecule has 2 aromatic heterocycles. The molecule has 92 valence electrons. The molecule has 0 aromatic carbocycles. The number of hydrogen-bond donors (Lipinski definition) is 3. The highest BCUT2D eigenvalue weighted by molar-refractivity contribution is 6.28. The molecular formula is C10H14ClN5O. The first-order valence-corrected chi connectivity index (χ1v) is 5.72. The number of anilines is 1. The summed E-state index contributed by atoms with van der Waals surface area (Å²) in [6.45, 7) is 4.05. The molecule has 0 bridgehead atoms. The van der Waals surface area contributed by atoms with Gasteiger partial charge in [0.15, 0.2) is 11.5 Å². The van der Waals surface area contributed by atoms with Crippen molar-refractivity contribution in [3.8, 4) is 0 Å². The van der Waals surface area contributed by atoms with E-state index in [9.17, 15) is 5.11 Å². The van der Waals surface area contributed by atoms with Crippen molar-refractivity contribution < 1.29 is 5.11 Å². The standard InChI is InChI=1S/C10H14ClN5O/c1-3-10(2,17)4-12-7-6-8(14-5-13-6)16-9(11)15-7/h5,17H,3-4H2,1-2H3,(H2,12,13,14,15,16). The maximum absolute atomic E-state index is 9.91. The zero-order valence-electron chi connectivity index (χ0n) is 9.66. The summed E-state index contributed by atoms with van der Waals surface area (Å²) in [7, 11) is 0. The maximum Gasteiger partial charge on any atom is 0.226 e. The van der Waals surface area contributed by atoms with Crippen molar-refractivity contribution in [2.45, 2.75) is 25.9 Å². The first-order chi connectivity index (χ1) is 8.02. The third-order valence-corrected chi connectivity index (χ3v) is 2.83. The number of aliphatic hydroxyl groups is 1. The van der Waals surface area contributed by atoms with Crippen LogP contribution >= 0.6 is 11.6 Å². The first kappa shape index (κ1) is 12.1. The molecular weight excluding hydrogens is 242 g/mol. The van der Waals surface area contributed by atoms with Gasteiger partial charge < -0.3 is 15.4 Å². The minimum absolute atomic E-state index is 0.128. The number of rotatable bonds is 4. The van der Waals surface area contributed by atoms with Gasteiger partial charge in [-0.1, -0.05) is 6.92 Å². The summed E-state index contributed by atoms with van der Waals surface area (Å²) >= 11 is 5.79. The highest BCUT2D eigenvalue weighted by Crippen LogP contribution is 2.19. The van der Waals surface area contributed by atoms with Crippen LogP contribution in [0.2, 0.25) is 5.28 Å². The van der Waals surface area contributed by atoms with Crippen molar-refractivity contribution in [3.05, 3.63) is 11.6 Å². The Bertz CT molecular complexity index is 524. The number of fused-ring (bicyclic) bond motifs is 1. The van der Waals surface area contributed by atoms with Crippen LogP contribution in [0.5, 0.6) is 0 Å². The van der Waals surface area contributed by atoms with E-state index in [4.69, 9.17) is 11.6 Å². The van der Waals surface area contributed by atoms with Gasteiger partial charge in [-0.2, -0.15) is 9.97 Å². The van der Waals surface area contributed by atoms with Crippen LogP contribution in [-0.4, -0.2) is 37.2 Å². The van der Waals surface area contributed by atoms with E-state index in [0.717, 1.165) is 0 Å². The summed E-state index contributed by atoms with van der Waals surface area (Å²) in [6, 6.07) is 0. The molecule has 17 heavy (non-hydrogen) atoms. The highest BCUT2D eigenvalue weighted by atomic mass is 35.5. The minimum Gasteiger partial charge on any atom is -0.388 e. The highest BCUT2D eigenvalue weighted by Gasteiger charge is 2.18. The zero-order chi connectivity index (χ0) is 12.5. The van der Waals surface area contributed by atoms with E-state index in [2.05, 4.69) is 25.3 Å². The van der Waals surface area contributed by atoms with E-state index in [-0.39, 0.29) is 5.28 Å². The van der Waals surface area contributed by atoms with E-state index in [1.165, 1.54) is 6.33 Å². The van der Waals surface area contributed by atoms with Gasteiger partial charge in [0.05, 0.1) is 11.9 Å². The van der Waals surface area contributed by atoms with E-state index >= 15 is 0 Å². The van der Waals surface area contributed by atoms with Crippen LogP contribution in [0.4, 0.5) is 5.82 Å². The van der Waals surface area contributed by atoms with Crippen molar-refractivity contribution in [2.75, 3.05) is 11.9 Å². The first-order valence-electron chi connectivity index (χ1n) is 5.35. The van der Waals surface area contributed by atoms with Crippen LogP contribution in [0, 0.1) is 0 Å². The number of imidazole rings is 1. The van der Waals surface area contributed by atoms with Crippen LogP contribution < -0.4 is 5.32 Å².